The number of hydrogen-bond acceptors (Lipinski definition) is 2. The lowest BCUT2D eigenvalue weighted by molar-refractivity contribution is 0.523. The summed E-state index contributed by atoms with van der Waals surface area (Å²) >= 11 is 0. The number of aromatic amines is 1. The highest BCUT2D eigenvalue weighted by atomic mass is 16.1. The van der Waals surface area contributed by atoms with Gasteiger partial charge >= 0.3 is 0 Å². The summed E-state index contributed by atoms with van der Waals surface area (Å²) < 4.78 is 0. The van der Waals surface area contributed by atoms with Crippen LogP contribution >= 0.6 is 0 Å². The molecule has 130 valence electrons. The lowest BCUT2D eigenvalue weighted by Crippen LogP contribution is -2.25. The Kier molecular flexibility index (Phi) is 3.78. The van der Waals surface area contributed by atoms with Crippen molar-refractivity contribution in [2.24, 2.45) is 0 Å². The molecule has 3 heteroatoms. The number of rotatable bonds is 3. The number of aromatic nitrogens is 1. The summed E-state index contributed by atoms with van der Waals surface area (Å²) in [6.45, 7) is 0.953. The van der Waals surface area contributed by atoms with Gasteiger partial charge in [0.15, 0.2) is 0 Å². The van der Waals surface area contributed by atoms with Gasteiger partial charge < -0.3 is 10.3 Å². The molecule has 2 aromatic rings. The number of pyridine rings is 1. The molecule has 1 heterocycles. The highest BCUT2D eigenvalue weighted by Gasteiger charge is 2.28. The largest absolute Gasteiger partial charge is 0.321 e. The van der Waals surface area contributed by atoms with E-state index in [0.29, 0.717) is 6.04 Å². The average molecular weight is 334 g/mol. The Morgan fingerprint density at radius 1 is 0.960 bits per heavy atom. The second-order valence-electron chi connectivity index (χ2n) is 7.95. The predicted molar refractivity (Wildman–Crippen MR) is 101 cm³/mol. The zero-order chi connectivity index (χ0) is 16.8. The van der Waals surface area contributed by atoms with E-state index in [4.69, 9.17) is 0 Å². The highest BCUT2D eigenvalue weighted by molar-refractivity contribution is 5.76. The molecule has 5 rings (SSSR count). The Morgan fingerprint density at radius 3 is 2.60 bits per heavy atom. The molecule has 0 aliphatic heterocycles. The standard InChI is InChI=1S/C22H26N2O/c25-22-18-10-4-3-9-16(18)20-12-19-14(13-23-15-7-1-2-8-15)6-5-11-17(19)21(20)24-22/h5-6,11,15,23H,1-4,7-10,12-13H2,(H,24,25). The van der Waals surface area contributed by atoms with Crippen LogP contribution in [-0.4, -0.2) is 11.0 Å². The van der Waals surface area contributed by atoms with Crippen LogP contribution in [0.1, 0.15) is 66.3 Å². The molecule has 3 aliphatic rings. The second-order valence-corrected chi connectivity index (χ2v) is 7.95. The molecule has 2 N–H and O–H groups in total. The van der Waals surface area contributed by atoms with E-state index in [0.717, 1.165) is 43.5 Å². The monoisotopic (exact) mass is 334 g/mol. The van der Waals surface area contributed by atoms with Crippen molar-refractivity contribution in [3.05, 3.63) is 56.4 Å². The van der Waals surface area contributed by atoms with Crippen molar-refractivity contribution in [2.45, 2.75) is 70.4 Å². The first kappa shape index (κ1) is 15.4. The highest BCUT2D eigenvalue weighted by Crippen LogP contribution is 2.40. The summed E-state index contributed by atoms with van der Waals surface area (Å²) in [4.78, 5) is 15.8. The van der Waals surface area contributed by atoms with E-state index in [-0.39, 0.29) is 5.56 Å². The average Bonchev–Trinajstić information content (AvgIpc) is 3.28. The van der Waals surface area contributed by atoms with Crippen LogP contribution in [0.15, 0.2) is 23.0 Å². The maximum absolute atomic E-state index is 12.6. The molecule has 3 nitrogen and oxygen atoms in total. The van der Waals surface area contributed by atoms with Gasteiger partial charge in [-0.05, 0) is 60.8 Å². The maximum Gasteiger partial charge on any atom is 0.251 e. The molecule has 0 spiro atoms. The quantitative estimate of drug-likeness (QED) is 0.764. The second kappa shape index (κ2) is 6.14. The summed E-state index contributed by atoms with van der Waals surface area (Å²) in [5.41, 5.74) is 9.16. The molecular formula is C22H26N2O. The van der Waals surface area contributed by atoms with E-state index in [1.165, 1.54) is 59.9 Å². The van der Waals surface area contributed by atoms with Crippen LogP contribution in [0.4, 0.5) is 0 Å². The van der Waals surface area contributed by atoms with E-state index in [9.17, 15) is 4.79 Å². The molecule has 0 unspecified atom stereocenters. The van der Waals surface area contributed by atoms with Crippen molar-refractivity contribution in [1.82, 2.24) is 10.3 Å². The summed E-state index contributed by atoms with van der Waals surface area (Å²) in [6.07, 6.45) is 10.7. The summed E-state index contributed by atoms with van der Waals surface area (Å²) in [5, 5.41) is 3.76. The third-order valence-electron chi connectivity index (χ3n) is 6.48. The Bertz CT molecular complexity index is 874. The number of fused-ring (bicyclic) bond motifs is 5. The molecule has 0 atom stereocenters. The fourth-order valence-electron chi connectivity index (χ4n) is 5.13. The van der Waals surface area contributed by atoms with Crippen molar-refractivity contribution in [3.8, 4) is 11.3 Å². The normalized spacial score (nSPS) is 18.9. The van der Waals surface area contributed by atoms with Gasteiger partial charge in [0.1, 0.15) is 0 Å². The van der Waals surface area contributed by atoms with Crippen molar-refractivity contribution >= 4 is 0 Å². The van der Waals surface area contributed by atoms with Gasteiger partial charge in [-0.3, -0.25) is 4.79 Å². The minimum Gasteiger partial charge on any atom is -0.321 e. The molecule has 1 aromatic carbocycles. The Morgan fingerprint density at radius 2 is 1.76 bits per heavy atom. The number of benzene rings is 1. The fraction of sp³-hybridized carbons (Fsp3) is 0.500. The van der Waals surface area contributed by atoms with Crippen LogP contribution < -0.4 is 10.9 Å². The zero-order valence-corrected chi connectivity index (χ0v) is 14.8. The van der Waals surface area contributed by atoms with Crippen molar-refractivity contribution in [2.75, 3.05) is 0 Å². The zero-order valence-electron chi connectivity index (χ0n) is 14.8. The van der Waals surface area contributed by atoms with Gasteiger partial charge in [-0.15, -0.1) is 0 Å². The van der Waals surface area contributed by atoms with Gasteiger partial charge in [-0.2, -0.15) is 0 Å². The molecule has 0 bridgehead atoms. The number of nitrogens with one attached hydrogen (secondary N) is 2. The van der Waals surface area contributed by atoms with Gasteiger partial charge in [0.2, 0.25) is 0 Å². The first-order chi connectivity index (χ1) is 12.3. The maximum atomic E-state index is 12.6. The molecule has 1 saturated carbocycles. The summed E-state index contributed by atoms with van der Waals surface area (Å²) in [5.74, 6) is 0. The Hall–Kier alpha value is -1.87. The fourth-order valence-corrected chi connectivity index (χ4v) is 5.13. The van der Waals surface area contributed by atoms with Gasteiger partial charge in [0.05, 0.1) is 5.69 Å². The minimum absolute atomic E-state index is 0.149. The third-order valence-corrected chi connectivity index (χ3v) is 6.48. The van der Waals surface area contributed by atoms with E-state index in [2.05, 4.69) is 28.5 Å². The van der Waals surface area contributed by atoms with Gasteiger partial charge in [0, 0.05) is 30.1 Å². The smallest absolute Gasteiger partial charge is 0.251 e. The van der Waals surface area contributed by atoms with E-state index in [1.807, 2.05) is 0 Å². The van der Waals surface area contributed by atoms with Gasteiger partial charge in [-0.1, -0.05) is 31.0 Å². The topological polar surface area (TPSA) is 44.9 Å². The lowest BCUT2D eigenvalue weighted by Gasteiger charge is -2.18. The van der Waals surface area contributed by atoms with Gasteiger partial charge in [-0.25, -0.2) is 0 Å². The van der Waals surface area contributed by atoms with Crippen LogP contribution in [0.2, 0.25) is 0 Å². The van der Waals surface area contributed by atoms with Crippen molar-refractivity contribution in [3.63, 3.8) is 0 Å². The van der Waals surface area contributed by atoms with Crippen LogP contribution in [0.25, 0.3) is 11.3 Å². The van der Waals surface area contributed by atoms with E-state index < -0.39 is 0 Å². The SMILES string of the molecule is O=c1[nH]c2c(c3c1CCCC3)Cc1c(CNC3CCCC3)cccc1-2. The summed E-state index contributed by atoms with van der Waals surface area (Å²) in [7, 11) is 0. The lowest BCUT2D eigenvalue weighted by atomic mass is 9.88. The molecular weight excluding hydrogens is 308 g/mol. The number of hydrogen-bond donors (Lipinski definition) is 2. The molecule has 0 amide bonds. The molecule has 1 aromatic heterocycles. The van der Waals surface area contributed by atoms with Crippen LogP contribution in [0, 0.1) is 0 Å². The van der Waals surface area contributed by atoms with Gasteiger partial charge in [0.25, 0.3) is 5.56 Å². The van der Waals surface area contributed by atoms with Crippen molar-refractivity contribution in [1.29, 1.82) is 0 Å². The van der Waals surface area contributed by atoms with Crippen LogP contribution in [0.3, 0.4) is 0 Å². The minimum atomic E-state index is 0.149. The van der Waals surface area contributed by atoms with Crippen LogP contribution in [0.5, 0.6) is 0 Å². The Balaban J connectivity index is 1.51. The van der Waals surface area contributed by atoms with E-state index >= 15 is 0 Å². The van der Waals surface area contributed by atoms with Crippen LogP contribution in [-0.2, 0) is 25.8 Å². The Labute approximate surface area is 148 Å². The first-order valence-electron chi connectivity index (χ1n) is 9.92. The molecule has 25 heavy (non-hydrogen) atoms. The number of H-pyrrole nitrogens is 1. The van der Waals surface area contributed by atoms with E-state index in [1.54, 1.807) is 0 Å². The molecule has 0 saturated heterocycles. The molecule has 3 aliphatic carbocycles. The molecule has 1 fully saturated rings. The first-order valence-corrected chi connectivity index (χ1v) is 9.92. The predicted octanol–water partition coefficient (Wildman–Crippen LogP) is 3.86. The summed E-state index contributed by atoms with van der Waals surface area (Å²) in [6, 6.07) is 7.28. The molecule has 0 radical (unpaired) electrons. The third kappa shape index (κ3) is 2.56. The van der Waals surface area contributed by atoms with Crippen molar-refractivity contribution < 1.29 is 0 Å².